The molecule has 1 heterocycles. The maximum absolute atomic E-state index is 12.2. The third kappa shape index (κ3) is 7.61. The number of hydrogen-bond acceptors (Lipinski definition) is 4. The highest BCUT2D eigenvalue weighted by atomic mass is 16.5. The molecule has 154 valence electrons. The van der Waals surface area contributed by atoms with Crippen LogP contribution in [0.25, 0.3) is 0 Å². The first-order valence-corrected chi connectivity index (χ1v) is 10.5. The number of methoxy groups -OCH3 is 1. The number of carbonyl (C=O) groups is 1. The molecule has 0 aliphatic carbocycles. The van der Waals surface area contributed by atoms with Gasteiger partial charge in [0, 0.05) is 32.5 Å². The first-order valence-electron chi connectivity index (χ1n) is 10.5. The van der Waals surface area contributed by atoms with Crippen molar-refractivity contribution < 1.29 is 14.6 Å². The molecule has 0 aromatic heterocycles. The summed E-state index contributed by atoms with van der Waals surface area (Å²) in [4.78, 5) is 14.2. The van der Waals surface area contributed by atoms with Gasteiger partial charge in [-0.15, -0.1) is 0 Å². The number of nitrogens with zero attached hydrogens (tertiary/aromatic N) is 2. The lowest BCUT2D eigenvalue weighted by Crippen LogP contribution is -2.34. The zero-order chi connectivity index (χ0) is 20.2. The van der Waals surface area contributed by atoms with Gasteiger partial charge in [-0.05, 0) is 49.7 Å². The van der Waals surface area contributed by atoms with E-state index in [1.807, 2.05) is 23.1 Å². The molecule has 0 radical (unpaired) electrons. The van der Waals surface area contributed by atoms with Crippen molar-refractivity contribution in [2.24, 2.45) is 0 Å². The van der Waals surface area contributed by atoms with Gasteiger partial charge in [0.25, 0.3) is 0 Å². The van der Waals surface area contributed by atoms with E-state index in [9.17, 15) is 9.90 Å². The fourth-order valence-corrected chi connectivity index (χ4v) is 4.01. The van der Waals surface area contributed by atoms with Crippen molar-refractivity contribution in [1.82, 2.24) is 4.90 Å². The molecule has 2 rings (SSSR count). The minimum Gasteiger partial charge on any atom is -0.393 e. The van der Waals surface area contributed by atoms with Crippen LogP contribution < -0.4 is 0 Å². The van der Waals surface area contributed by atoms with Crippen LogP contribution in [0.3, 0.4) is 0 Å². The number of nitriles is 1. The molecule has 1 N–H and O–H groups in total. The number of likely N-dealkylation sites (tertiary alicyclic amines) is 1. The van der Waals surface area contributed by atoms with Crippen molar-refractivity contribution in [3.05, 3.63) is 35.4 Å². The summed E-state index contributed by atoms with van der Waals surface area (Å²) in [6, 6.07) is 10.6. The standard InChI is InChI=1S/C23H34N2O3/c1-28-18-20-9-7-8-19(16-20)17-22(26)12-10-21-11-13-23(27)25(21)15-6-4-2-3-5-14-24/h7-9,16,21-22,26H,2-6,10-13,15,17-18H2,1H3/t21-,22?/m0/s1. The van der Waals surface area contributed by atoms with E-state index in [1.54, 1.807) is 7.11 Å². The van der Waals surface area contributed by atoms with E-state index in [0.29, 0.717) is 32.3 Å². The number of ether oxygens (including phenoxy) is 1. The Balaban J connectivity index is 1.73. The van der Waals surface area contributed by atoms with Crippen molar-refractivity contribution in [1.29, 1.82) is 5.26 Å². The number of aliphatic hydroxyl groups excluding tert-OH is 1. The quantitative estimate of drug-likeness (QED) is 0.520. The third-order valence-corrected chi connectivity index (χ3v) is 5.50. The predicted octanol–water partition coefficient (Wildman–Crippen LogP) is 3.98. The molecule has 0 bridgehead atoms. The van der Waals surface area contributed by atoms with Crippen LogP contribution in [0.5, 0.6) is 0 Å². The maximum atomic E-state index is 12.2. The van der Waals surface area contributed by atoms with Gasteiger partial charge in [0.05, 0.1) is 18.8 Å². The number of rotatable bonds is 13. The topological polar surface area (TPSA) is 73.6 Å². The van der Waals surface area contributed by atoms with Gasteiger partial charge in [-0.1, -0.05) is 37.1 Å². The minimum absolute atomic E-state index is 0.254. The van der Waals surface area contributed by atoms with Crippen LogP contribution in [0.2, 0.25) is 0 Å². The lowest BCUT2D eigenvalue weighted by atomic mass is 9.99. The highest BCUT2D eigenvalue weighted by molar-refractivity contribution is 5.78. The number of amides is 1. The van der Waals surface area contributed by atoms with Crippen LogP contribution >= 0.6 is 0 Å². The Bertz CT molecular complexity index is 641. The van der Waals surface area contributed by atoms with E-state index < -0.39 is 0 Å². The van der Waals surface area contributed by atoms with E-state index in [4.69, 9.17) is 10.00 Å². The van der Waals surface area contributed by atoms with Gasteiger partial charge >= 0.3 is 0 Å². The van der Waals surface area contributed by atoms with Crippen LogP contribution in [0.1, 0.15) is 68.9 Å². The van der Waals surface area contributed by atoms with E-state index in [-0.39, 0.29) is 18.1 Å². The van der Waals surface area contributed by atoms with Crippen LogP contribution in [0.4, 0.5) is 0 Å². The Morgan fingerprint density at radius 2 is 2.07 bits per heavy atom. The van der Waals surface area contributed by atoms with Crippen LogP contribution in [0.15, 0.2) is 24.3 Å². The largest absolute Gasteiger partial charge is 0.393 e. The Labute approximate surface area is 169 Å². The molecule has 28 heavy (non-hydrogen) atoms. The van der Waals surface area contributed by atoms with Crippen LogP contribution in [-0.2, 0) is 22.6 Å². The average Bonchev–Trinajstić information content (AvgIpc) is 3.03. The Morgan fingerprint density at radius 3 is 2.86 bits per heavy atom. The summed E-state index contributed by atoms with van der Waals surface area (Å²) in [5, 5.41) is 19.0. The van der Waals surface area contributed by atoms with Gasteiger partial charge in [-0.2, -0.15) is 5.26 Å². The Morgan fingerprint density at radius 1 is 1.29 bits per heavy atom. The average molecular weight is 387 g/mol. The van der Waals surface area contributed by atoms with Crippen LogP contribution in [-0.4, -0.2) is 41.7 Å². The number of unbranched alkanes of at least 4 members (excludes halogenated alkanes) is 4. The van der Waals surface area contributed by atoms with Crippen molar-refractivity contribution >= 4 is 5.91 Å². The first-order chi connectivity index (χ1) is 13.6. The summed E-state index contributed by atoms with van der Waals surface area (Å²) < 4.78 is 5.17. The van der Waals surface area contributed by atoms with Crippen molar-refractivity contribution in [3.8, 4) is 6.07 Å². The second-order valence-corrected chi connectivity index (χ2v) is 7.79. The zero-order valence-electron chi connectivity index (χ0n) is 17.1. The molecule has 5 heteroatoms. The van der Waals surface area contributed by atoms with Gasteiger partial charge in [-0.3, -0.25) is 4.79 Å². The van der Waals surface area contributed by atoms with E-state index >= 15 is 0 Å². The number of hydrogen-bond donors (Lipinski definition) is 1. The van der Waals surface area contributed by atoms with Gasteiger partial charge < -0.3 is 14.7 Å². The third-order valence-electron chi connectivity index (χ3n) is 5.50. The number of carbonyl (C=O) groups excluding carboxylic acids is 1. The van der Waals surface area contributed by atoms with E-state index in [2.05, 4.69) is 12.1 Å². The van der Waals surface area contributed by atoms with E-state index in [1.165, 1.54) is 0 Å². The molecule has 1 fully saturated rings. The minimum atomic E-state index is -0.388. The Kier molecular flexibility index (Phi) is 10.0. The Hall–Kier alpha value is -1.90. The molecule has 1 unspecified atom stereocenters. The number of aliphatic hydroxyl groups is 1. The molecule has 0 saturated carbocycles. The summed E-state index contributed by atoms with van der Waals surface area (Å²) in [5.41, 5.74) is 2.24. The van der Waals surface area contributed by atoms with Crippen molar-refractivity contribution in [3.63, 3.8) is 0 Å². The van der Waals surface area contributed by atoms with Crippen LogP contribution in [0, 0.1) is 11.3 Å². The van der Waals surface area contributed by atoms with Gasteiger partial charge in [-0.25, -0.2) is 0 Å². The smallest absolute Gasteiger partial charge is 0.222 e. The maximum Gasteiger partial charge on any atom is 0.222 e. The summed E-state index contributed by atoms with van der Waals surface area (Å²) >= 11 is 0. The highest BCUT2D eigenvalue weighted by Crippen LogP contribution is 2.24. The molecule has 1 aliphatic heterocycles. The molecular weight excluding hydrogens is 352 g/mol. The normalized spacial score (nSPS) is 17.7. The van der Waals surface area contributed by atoms with Crippen molar-refractivity contribution in [2.75, 3.05) is 13.7 Å². The fraction of sp³-hybridized carbons (Fsp3) is 0.652. The summed E-state index contributed by atoms with van der Waals surface area (Å²) in [6.07, 6.45) is 8.06. The molecule has 5 nitrogen and oxygen atoms in total. The van der Waals surface area contributed by atoms with Gasteiger partial charge in [0.1, 0.15) is 0 Å². The monoisotopic (exact) mass is 386 g/mol. The predicted molar refractivity (Wildman–Crippen MR) is 110 cm³/mol. The summed E-state index contributed by atoms with van der Waals surface area (Å²) in [7, 11) is 1.68. The second-order valence-electron chi connectivity index (χ2n) is 7.79. The molecule has 2 atom stereocenters. The molecule has 1 aromatic carbocycles. The molecule has 0 spiro atoms. The number of benzene rings is 1. The first kappa shape index (κ1) is 22.4. The van der Waals surface area contributed by atoms with Gasteiger partial charge in [0.15, 0.2) is 0 Å². The molecule has 1 aromatic rings. The lowest BCUT2D eigenvalue weighted by molar-refractivity contribution is -0.129. The second kappa shape index (κ2) is 12.5. The lowest BCUT2D eigenvalue weighted by Gasteiger charge is -2.26. The SMILES string of the molecule is COCc1cccc(CC(O)CC[C@H]2CCC(=O)N2CCCCCCC#N)c1. The van der Waals surface area contributed by atoms with E-state index in [0.717, 1.165) is 56.2 Å². The van der Waals surface area contributed by atoms with Gasteiger partial charge in [0.2, 0.25) is 5.91 Å². The zero-order valence-corrected chi connectivity index (χ0v) is 17.1. The molecule has 1 amide bonds. The summed E-state index contributed by atoms with van der Waals surface area (Å²) in [5.74, 6) is 0.254. The van der Waals surface area contributed by atoms with Crippen molar-refractivity contribution in [2.45, 2.75) is 83.0 Å². The highest BCUT2D eigenvalue weighted by Gasteiger charge is 2.30. The molecule has 1 saturated heterocycles. The fourth-order valence-electron chi connectivity index (χ4n) is 4.01. The molecular formula is C23H34N2O3. The molecule has 1 aliphatic rings. The summed E-state index contributed by atoms with van der Waals surface area (Å²) in [6.45, 7) is 1.39.